The van der Waals surface area contributed by atoms with Crippen LogP contribution in [0.1, 0.15) is 18.9 Å². The molecule has 1 aromatic carbocycles. The minimum absolute atomic E-state index is 0.0112. The van der Waals surface area contributed by atoms with E-state index in [1.54, 1.807) is 0 Å². The van der Waals surface area contributed by atoms with Crippen molar-refractivity contribution in [2.24, 2.45) is 0 Å². The number of rotatable bonds is 4. The zero-order chi connectivity index (χ0) is 19.2. The Hall–Kier alpha value is -1.77. The number of para-hydroxylation sites is 1. The van der Waals surface area contributed by atoms with Gasteiger partial charge in [-0.15, -0.1) is 0 Å². The first-order valence-electron chi connectivity index (χ1n) is 8.13. The molecule has 0 spiro atoms. The average molecular weight is 382 g/mol. The van der Waals surface area contributed by atoms with Crippen LogP contribution in [0.2, 0.25) is 0 Å². The lowest BCUT2D eigenvalue weighted by Gasteiger charge is -2.37. The summed E-state index contributed by atoms with van der Waals surface area (Å²) in [5.74, 6) is -11.2. The molecule has 0 atom stereocenters. The third-order valence-corrected chi connectivity index (χ3v) is 4.82. The summed E-state index contributed by atoms with van der Waals surface area (Å²) in [7, 11) is 0. The van der Waals surface area contributed by atoms with E-state index >= 15 is 0 Å². The molecule has 0 N–H and O–H groups in total. The minimum Gasteiger partial charge on any atom is -0.344 e. The summed E-state index contributed by atoms with van der Waals surface area (Å²) in [6.45, 7) is -1.56. The molecular weight excluding hydrogens is 365 g/mol. The Bertz CT molecular complexity index is 758. The summed E-state index contributed by atoms with van der Waals surface area (Å²) in [6, 6.07) is 9.51. The molecule has 26 heavy (non-hydrogen) atoms. The maximum atomic E-state index is 13.5. The smallest absolute Gasteiger partial charge is 0.344 e. The first kappa shape index (κ1) is 19.0. The van der Waals surface area contributed by atoms with Crippen molar-refractivity contribution >= 4 is 10.9 Å². The van der Waals surface area contributed by atoms with E-state index in [9.17, 15) is 30.7 Å². The van der Waals surface area contributed by atoms with Gasteiger partial charge in [-0.25, -0.2) is 0 Å². The van der Waals surface area contributed by atoms with E-state index in [2.05, 4.69) is 0 Å². The Morgan fingerprint density at radius 1 is 0.885 bits per heavy atom. The summed E-state index contributed by atoms with van der Waals surface area (Å²) in [6.07, 6.45) is -3.62. The van der Waals surface area contributed by atoms with Gasteiger partial charge in [0.15, 0.2) is 0 Å². The highest BCUT2D eigenvalue weighted by atomic mass is 19.4. The van der Waals surface area contributed by atoms with Gasteiger partial charge in [-0.2, -0.15) is 30.7 Å². The van der Waals surface area contributed by atoms with Gasteiger partial charge in [0.25, 0.3) is 0 Å². The molecule has 0 saturated carbocycles. The molecule has 0 bridgehead atoms. The number of benzene rings is 1. The lowest BCUT2D eigenvalue weighted by Crippen LogP contribution is -2.57. The number of nitrogens with zero attached hydrogens (tertiary/aromatic N) is 2. The van der Waals surface area contributed by atoms with Gasteiger partial charge < -0.3 is 4.57 Å². The summed E-state index contributed by atoms with van der Waals surface area (Å²) in [5.41, 5.74) is 0.972. The monoisotopic (exact) mass is 382 g/mol. The molecule has 0 amide bonds. The van der Waals surface area contributed by atoms with Gasteiger partial charge in [-0.1, -0.05) is 18.2 Å². The first-order chi connectivity index (χ1) is 12.0. The molecular formula is C17H17F7N2. The largest absolute Gasteiger partial charge is 0.459 e. The predicted octanol–water partition coefficient (Wildman–Crippen LogP) is 5.11. The molecule has 1 saturated heterocycles. The topological polar surface area (TPSA) is 8.17 Å². The standard InChI is InChI=1S/C17H17F7N2/c18-15(19,16(20,21)17(22,23)24)11-25-8-6-13(7-9-25)26-10-5-12-3-1-2-4-14(12)26/h1-5,10,13H,6-9,11H2. The number of alkyl halides is 7. The number of likely N-dealkylation sites (tertiary alicyclic amines) is 1. The number of hydrogen-bond acceptors (Lipinski definition) is 1. The van der Waals surface area contributed by atoms with Crippen LogP contribution in [0.25, 0.3) is 10.9 Å². The van der Waals surface area contributed by atoms with Crippen LogP contribution in [-0.2, 0) is 0 Å². The van der Waals surface area contributed by atoms with Crippen LogP contribution in [0.4, 0.5) is 30.7 Å². The van der Waals surface area contributed by atoms with Crippen molar-refractivity contribution in [3.8, 4) is 0 Å². The molecule has 0 radical (unpaired) electrons. The van der Waals surface area contributed by atoms with Crippen LogP contribution in [0, 0.1) is 0 Å². The van der Waals surface area contributed by atoms with Crippen molar-refractivity contribution in [3.63, 3.8) is 0 Å². The number of halogens is 7. The Labute approximate surface area is 145 Å². The molecule has 0 aliphatic carbocycles. The van der Waals surface area contributed by atoms with E-state index in [-0.39, 0.29) is 19.1 Å². The van der Waals surface area contributed by atoms with Crippen LogP contribution >= 0.6 is 0 Å². The minimum atomic E-state index is -6.28. The fourth-order valence-corrected chi connectivity index (χ4v) is 3.37. The van der Waals surface area contributed by atoms with Crippen LogP contribution in [0.5, 0.6) is 0 Å². The number of fused-ring (bicyclic) bond motifs is 1. The van der Waals surface area contributed by atoms with Crippen LogP contribution in [0.15, 0.2) is 36.5 Å². The molecule has 2 nitrogen and oxygen atoms in total. The van der Waals surface area contributed by atoms with Crippen LogP contribution < -0.4 is 0 Å². The lowest BCUT2D eigenvalue weighted by molar-refractivity contribution is -0.356. The van der Waals surface area contributed by atoms with Crippen molar-refractivity contribution in [1.29, 1.82) is 0 Å². The van der Waals surface area contributed by atoms with Gasteiger partial charge in [-0.05, 0) is 30.4 Å². The number of aromatic nitrogens is 1. The predicted molar refractivity (Wildman–Crippen MR) is 82.6 cm³/mol. The van der Waals surface area contributed by atoms with Crippen molar-refractivity contribution in [3.05, 3.63) is 36.5 Å². The molecule has 1 aliphatic heterocycles. The second kappa shape index (κ2) is 6.44. The van der Waals surface area contributed by atoms with Crippen molar-refractivity contribution in [1.82, 2.24) is 9.47 Å². The van der Waals surface area contributed by atoms with Gasteiger partial charge in [-0.3, -0.25) is 4.90 Å². The van der Waals surface area contributed by atoms with Gasteiger partial charge in [0, 0.05) is 30.8 Å². The van der Waals surface area contributed by atoms with Crippen LogP contribution in [0.3, 0.4) is 0 Å². The highest BCUT2D eigenvalue weighted by Gasteiger charge is 2.73. The van der Waals surface area contributed by atoms with Crippen molar-refractivity contribution < 1.29 is 30.7 Å². The van der Waals surface area contributed by atoms with E-state index in [0.717, 1.165) is 15.8 Å². The fraction of sp³-hybridized carbons (Fsp3) is 0.529. The molecule has 144 valence electrons. The highest BCUT2D eigenvalue weighted by Crippen LogP contribution is 2.47. The third-order valence-electron chi connectivity index (χ3n) is 4.82. The third kappa shape index (κ3) is 3.28. The molecule has 2 aromatic rings. The summed E-state index contributed by atoms with van der Waals surface area (Å²) in [4.78, 5) is 0.974. The van der Waals surface area contributed by atoms with Crippen molar-refractivity contribution in [2.75, 3.05) is 19.6 Å². The first-order valence-corrected chi connectivity index (χ1v) is 8.13. The van der Waals surface area contributed by atoms with E-state index in [1.165, 1.54) is 0 Å². The maximum absolute atomic E-state index is 13.5. The van der Waals surface area contributed by atoms with Crippen molar-refractivity contribution in [2.45, 2.75) is 36.9 Å². The van der Waals surface area contributed by atoms with E-state index in [0.29, 0.717) is 12.8 Å². The quantitative estimate of drug-likeness (QED) is 0.667. The average Bonchev–Trinajstić information content (AvgIpc) is 2.98. The zero-order valence-electron chi connectivity index (χ0n) is 13.6. The fourth-order valence-electron chi connectivity index (χ4n) is 3.37. The van der Waals surface area contributed by atoms with Gasteiger partial charge in [0.1, 0.15) is 0 Å². The summed E-state index contributed by atoms with van der Waals surface area (Å²) >= 11 is 0. The second-order valence-electron chi connectivity index (χ2n) is 6.57. The molecule has 1 fully saturated rings. The summed E-state index contributed by atoms with van der Waals surface area (Å²) in [5, 5.41) is 1.02. The molecule has 2 heterocycles. The Balaban J connectivity index is 1.65. The molecule has 3 rings (SSSR count). The molecule has 0 unspecified atom stereocenters. The Morgan fingerprint density at radius 2 is 1.50 bits per heavy atom. The SMILES string of the molecule is FC(F)(F)C(F)(F)C(F)(F)CN1CCC(n2ccc3ccccc32)CC1. The van der Waals surface area contributed by atoms with Crippen LogP contribution in [-0.4, -0.2) is 47.1 Å². The van der Waals surface area contributed by atoms with E-state index in [4.69, 9.17) is 0 Å². The molecule has 1 aromatic heterocycles. The van der Waals surface area contributed by atoms with Gasteiger partial charge in [0.05, 0.1) is 6.54 Å². The second-order valence-corrected chi connectivity index (χ2v) is 6.57. The van der Waals surface area contributed by atoms with E-state index in [1.807, 2.05) is 41.1 Å². The molecule has 9 heteroatoms. The summed E-state index contributed by atoms with van der Waals surface area (Å²) < 4.78 is 91.8. The maximum Gasteiger partial charge on any atom is 0.459 e. The number of piperidine rings is 1. The highest BCUT2D eigenvalue weighted by molar-refractivity contribution is 5.80. The normalized spacial score (nSPS) is 18.6. The Morgan fingerprint density at radius 3 is 2.12 bits per heavy atom. The molecule has 1 aliphatic rings. The van der Waals surface area contributed by atoms with Gasteiger partial charge >= 0.3 is 18.0 Å². The Kier molecular flexibility index (Phi) is 4.71. The van der Waals surface area contributed by atoms with Gasteiger partial charge in [0.2, 0.25) is 0 Å². The van der Waals surface area contributed by atoms with E-state index < -0.39 is 24.6 Å². The zero-order valence-corrected chi connectivity index (χ0v) is 13.6. The number of hydrogen-bond donors (Lipinski definition) is 0. The lowest BCUT2D eigenvalue weighted by atomic mass is 10.0.